The number of hydrogen-bond donors (Lipinski definition) is 0. The van der Waals surface area contributed by atoms with Gasteiger partial charge in [0.25, 0.3) is 0 Å². The lowest BCUT2D eigenvalue weighted by Crippen LogP contribution is -2.20. The fraction of sp³-hybridized carbons (Fsp3) is 0.800. The number of carbonyl (C=O) groups is 1. The second kappa shape index (κ2) is 1.89. The number of carbonyl (C=O) groups excluding carboxylic acids is 1. The molecule has 46 valence electrons. The minimum atomic E-state index is 0.358. The second-order valence-electron chi connectivity index (χ2n) is 2.45. The molecule has 0 aromatic heterocycles. The smallest absolute Gasteiger partial charge is 0.221 e. The molecule has 0 radical (unpaired) electrons. The predicted molar refractivity (Wildman–Crippen MR) is 35.9 cm³/mol. The van der Waals surface area contributed by atoms with Gasteiger partial charge in [-0.05, 0) is 6.42 Å². The van der Waals surface area contributed by atoms with E-state index in [-0.39, 0.29) is 0 Å². The third kappa shape index (κ3) is 0.776. The average molecular weight is 129 g/mol. The molecule has 1 aliphatic heterocycles. The second-order valence-corrected chi connectivity index (χ2v) is 3.84. The van der Waals surface area contributed by atoms with Gasteiger partial charge < -0.3 is 4.90 Å². The van der Waals surface area contributed by atoms with E-state index in [0.717, 1.165) is 23.2 Å². The van der Waals surface area contributed by atoms with Crippen LogP contribution in [-0.4, -0.2) is 34.6 Å². The van der Waals surface area contributed by atoms with Gasteiger partial charge in [-0.1, -0.05) is 0 Å². The maximum absolute atomic E-state index is 10.9. The molecule has 1 unspecified atom stereocenters. The van der Waals surface area contributed by atoms with Crippen molar-refractivity contribution in [3.63, 3.8) is 0 Å². The predicted octanol–water partition coefficient (Wildman–Crippen LogP) is -0.998. The molecule has 1 heterocycles. The molecule has 3 heteroatoms. The Morgan fingerprint density at radius 1 is 1.88 bits per heavy atom. The molecule has 0 aromatic rings. The lowest BCUT2D eigenvalue weighted by Gasteiger charge is -2.05. The topological polar surface area (TPSA) is 20.3 Å². The molecule has 0 aromatic carbocycles. The van der Waals surface area contributed by atoms with Gasteiger partial charge >= 0.3 is 0 Å². The van der Waals surface area contributed by atoms with Gasteiger partial charge in [-0.2, -0.15) is 0 Å². The van der Waals surface area contributed by atoms with E-state index in [1.807, 2.05) is 11.9 Å². The zero-order chi connectivity index (χ0) is 6.15. The molecular weight excluding hydrogens is 118 g/mol. The quantitative estimate of drug-likeness (QED) is 0.384. The van der Waals surface area contributed by atoms with Crippen LogP contribution < -0.4 is 0 Å². The monoisotopic (exact) mass is 129 g/mol. The molecule has 0 spiro atoms. The summed E-state index contributed by atoms with van der Waals surface area (Å²) in [5.74, 6) is 0.358. The minimum absolute atomic E-state index is 0.358. The molecule has 0 N–H and O–H groups in total. The van der Waals surface area contributed by atoms with E-state index in [4.69, 9.17) is 0 Å². The highest BCUT2D eigenvalue weighted by Gasteiger charge is 2.23. The van der Waals surface area contributed by atoms with E-state index < -0.39 is 0 Å². The Hall–Kier alpha value is -0.313. The first-order valence-electron chi connectivity index (χ1n) is 2.97. The summed E-state index contributed by atoms with van der Waals surface area (Å²) in [6.45, 7) is 0.979. The molecule has 0 bridgehead atoms. The van der Waals surface area contributed by atoms with Crippen LogP contribution in [0.1, 0.15) is 6.42 Å². The highest BCUT2D eigenvalue weighted by molar-refractivity contribution is 6.24. The summed E-state index contributed by atoms with van der Waals surface area (Å²) in [6, 6.07) is 0. The van der Waals surface area contributed by atoms with Gasteiger partial charge in [0.2, 0.25) is 5.91 Å². The van der Waals surface area contributed by atoms with Crippen LogP contribution in [0, 0.1) is 0 Å². The normalized spacial score (nSPS) is 29.9. The van der Waals surface area contributed by atoms with Crippen LogP contribution in [0.5, 0.6) is 0 Å². The van der Waals surface area contributed by atoms with Crippen molar-refractivity contribution in [2.24, 2.45) is 0 Å². The molecule has 8 heavy (non-hydrogen) atoms. The van der Waals surface area contributed by atoms with E-state index in [0.29, 0.717) is 11.4 Å². The molecule has 1 rings (SSSR count). The fourth-order valence-electron chi connectivity index (χ4n) is 0.997. The maximum Gasteiger partial charge on any atom is 0.221 e. The van der Waals surface area contributed by atoms with Crippen molar-refractivity contribution in [2.75, 3.05) is 13.6 Å². The summed E-state index contributed by atoms with van der Waals surface area (Å²) in [4.78, 5) is 12.7. The van der Waals surface area contributed by atoms with Crippen molar-refractivity contribution >= 4 is 16.1 Å². The molecule has 0 saturated carbocycles. The Morgan fingerprint density at radius 3 is 2.62 bits per heavy atom. The first kappa shape index (κ1) is 5.82. The molecule has 1 atom stereocenters. The van der Waals surface area contributed by atoms with E-state index >= 15 is 0 Å². The van der Waals surface area contributed by atoms with E-state index in [9.17, 15) is 4.79 Å². The van der Waals surface area contributed by atoms with Crippen molar-refractivity contribution in [2.45, 2.75) is 12.0 Å². The van der Waals surface area contributed by atoms with Crippen LogP contribution in [0.4, 0.5) is 0 Å². The molecule has 1 amide bonds. The van der Waals surface area contributed by atoms with Gasteiger partial charge in [0.1, 0.15) is 0 Å². The Labute approximate surface area is 52.3 Å². The molecule has 0 aliphatic carbocycles. The summed E-state index contributed by atoms with van der Waals surface area (Å²) in [6.07, 6.45) is 1.10. The van der Waals surface area contributed by atoms with Crippen molar-refractivity contribution in [1.82, 2.24) is 4.90 Å². The minimum Gasteiger partial charge on any atom is -0.346 e. The van der Waals surface area contributed by atoms with Gasteiger partial charge in [-0.25, -0.2) is 0 Å². The van der Waals surface area contributed by atoms with Crippen molar-refractivity contribution in [1.29, 1.82) is 0 Å². The van der Waals surface area contributed by atoms with Crippen LogP contribution in [0.25, 0.3) is 0 Å². The number of likely N-dealkylation sites (tertiary alicyclic amines) is 1. The van der Waals surface area contributed by atoms with Crippen LogP contribution in [0.3, 0.4) is 0 Å². The van der Waals surface area contributed by atoms with Crippen LogP contribution >= 0.6 is 0 Å². The Balaban J connectivity index is 2.57. The SMILES string of the molecule is CN1CCC([SiH3])C1=O. The zero-order valence-corrected chi connectivity index (χ0v) is 7.35. The number of nitrogens with zero attached hydrogens (tertiary/aromatic N) is 1. The molecule has 1 saturated heterocycles. The summed E-state index contributed by atoms with van der Waals surface area (Å²) in [7, 11) is 2.91. The highest BCUT2D eigenvalue weighted by Crippen LogP contribution is 2.16. The Kier molecular flexibility index (Phi) is 1.38. The van der Waals surface area contributed by atoms with E-state index in [1.54, 1.807) is 0 Å². The summed E-state index contributed by atoms with van der Waals surface area (Å²) in [5, 5.41) is 0. The summed E-state index contributed by atoms with van der Waals surface area (Å²) >= 11 is 0. The highest BCUT2D eigenvalue weighted by atomic mass is 28.1. The Bertz CT molecular complexity index is 103. The molecular formula is C5H11NOSi. The van der Waals surface area contributed by atoms with Gasteiger partial charge in [0.05, 0.1) is 0 Å². The lowest BCUT2D eigenvalue weighted by atomic mass is 10.4. The number of hydrogen-bond acceptors (Lipinski definition) is 1. The maximum atomic E-state index is 10.9. The van der Waals surface area contributed by atoms with Crippen LogP contribution in [-0.2, 0) is 4.79 Å². The Morgan fingerprint density at radius 2 is 2.50 bits per heavy atom. The number of amides is 1. The molecule has 1 fully saturated rings. The van der Waals surface area contributed by atoms with E-state index in [1.165, 1.54) is 0 Å². The van der Waals surface area contributed by atoms with Gasteiger partial charge in [0.15, 0.2) is 0 Å². The number of rotatable bonds is 0. The van der Waals surface area contributed by atoms with Gasteiger partial charge in [-0.15, -0.1) is 0 Å². The first-order chi connectivity index (χ1) is 3.72. The molecule has 2 nitrogen and oxygen atoms in total. The third-order valence-electron chi connectivity index (χ3n) is 1.70. The zero-order valence-electron chi connectivity index (χ0n) is 5.35. The average Bonchev–Trinajstić information content (AvgIpc) is 1.98. The van der Waals surface area contributed by atoms with Crippen molar-refractivity contribution in [3.05, 3.63) is 0 Å². The van der Waals surface area contributed by atoms with Gasteiger partial charge in [0, 0.05) is 29.4 Å². The summed E-state index contributed by atoms with van der Waals surface area (Å²) < 4.78 is 0. The first-order valence-corrected chi connectivity index (χ1v) is 4.12. The van der Waals surface area contributed by atoms with Crippen molar-refractivity contribution < 1.29 is 4.79 Å². The fourth-order valence-corrected chi connectivity index (χ4v) is 1.70. The van der Waals surface area contributed by atoms with Crippen LogP contribution in [0.2, 0.25) is 5.54 Å². The molecule has 1 aliphatic rings. The van der Waals surface area contributed by atoms with Gasteiger partial charge in [-0.3, -0.25) is 4.79 Å². The van der Waals surface area contributed by atoms with Crippen LogP contribution in [0.15, 0.2) is 0 Å². The largest absolute Gasteiger partial charge is 0.346 e. The van der Waals surface area contributed by atoms with E-state index in [2.05, 4.69) is 0 Å². The third-order valence-corrected chi connectivity index (χ3v) is 2.77. The summed E-state index contributed by atoms with van der Waals surface area (Å²) in [5.41, 5.74) is 0.417. The standard InChI is InChI=1S/C5H11NOSi/c1-6-3-2-4(8)5(6)7/h4H,2-3H2,1,8H3. The van der Waals surface area contributed by atoms with Crippen molar-refractivity contribution in [3.8, 4) is 0 Å². The lowest BCUT2D eigenvalue weighted by molar-refractivity contribution is -0.126.